The van der Waals surface area contributed by atoms with Crippen LogP contribution in [0.25, 0.3) is 0 Å². The van der Waals surface area contributed by atoms with Gasteiger partial charge in [-0.1, -0.05) is 6.42 Å². The summed E-state index contributed by atoms with van der Waals surface area (Å²) in [5, 5.41) is 0. The SMILES string of the molecule is CN(C1CCC1)S(=O)(=O)N1CCCC(CCl)C1. The minimum absolute atomic E-state index is 0.219. The van der Waals surface area contributed by atoms with Gasteiger partial charge in [-0.05, 0) is 31.6 Å². The fourth-order valence-electron chi connectivity index (χ4n) is 2.48. The van der Waals surface area contributed by atoms with E-state index in [-0.39, 0.29) is 6.04 Å². The van der Waals surface area contributed by atoms with Crippen molar-refractivity contribution in [3.05, 3.63) is 0 Å². The number of nitrogens with zero attached hydrogens (tertiary/aromatic N) is 2. The van der Waals surface area contributed by atoms with E-state index in [0.29, 0.717) is 24.9 Å². The van der Waals surface area contributed by atoms with Gasteiger partial charge in [0.1, 0.15) is 0 Å². The third kappa shape index (κ3) is 2.78. The van der Waals surface area contributed by atoms with Crippen molar-refractivity contribution in [3.8, 4) is 0 Å². The van der Waals surface area contributed by atoms with E-state index in [1.165, 1.54) is 0 Å². The van der Waals surface area contributed by atoms with Crippen LogP contribution in [0.4, 0.5) is 0 Å². The van der Waals surface area contributed by atoms with Crippen molar-refractivity contribution in [1.29, 1.82) is 0 Å². The molecule has 0 aromatic heterocycles. The standard InChI is InChI=1S/C11H21ClN2O2S/c1-13(11-5-2-6-11)17(15,16)14-7-3-4-10(8-12)9-14/h10-11H,2-9H2,1H3. The summed E-state index contributed by atoms with van der Waals surface area (Å²) in [6, 6.07) is 0.219. The Morgan fingerprint density at radius 3 is 2.53 bits per heavy atom. The molecule has 1 unspecified atom stereocenters. The van der Waals surface area contributed by atoms with Crippen LogP contribution in [0.2, 0.25) is 0 Å². The van der Waals surface area contributed by atoms with Crippen LogP contribution in [0.15, 0.2) is 0 Å². The molecule has 2 rings (SSSR count). The third-order valence-electron chi connectivity index (χ3n) is 3.98. The largest absolute Gasteiger partial charge is 0.281 e. The van der Waals surface area contributed by atoms with Gasteiger partial charge < -0.3 is 0 Å². The molecule has 1 saturated carbocycles. The van der Waals surface area contributed by atoms with E-state index >= 15 is 0 Å². The highest BCUT2D eigenvalue weighted by molar-refractivity contribution is 7.86. The zero-order chi connectivity index (χ0) is 12.5. The molecule has 0 amide bonds. The lowest BCUT2D eigenvalue weighted by molar-refractivity contribution is 0.213. The van der Waals surface area contributed by atoms with E-state index in [2.05, 4.69) is 0 Å². The maximum absolute atomic E-state index is 12.4. The lowest BCUT2D eigenvalue weighted by atomic mass is 9.94. The van der Waals surface area contributed by atoms with Gasteiger partial charge in [-0.15, -0.1) is 11.6 Å². The average Bonchev–Trinajstić information content (AvgIpc) is 2.26. The minimum atomic E-state index is -3.26. The first-order chi connectivity index (χ1) is 8.05. The van der Waals surface area contributed by atoms with Gasteiger partial charge in [-0.25, -0.2) is 0 Å². The summed E-state index contributed by atoms with van der Waals surface area (Å²) in [6.45, 7) is 1.23. The second kappa shape index (κ2) is 5.43. The highest BCUT2D eigenvalue weighted by Gasteiger charge is 2.36. The molecule has 2 fully saturated rings. The summed E-state index contributed by atoms with van der Waals surface area (Å²) in [5.41, 5.74) is 0. The topological polar surface area (TPSA) is 40.6 Å². The maximum atomic E-state index is 12.4. The normalized spacial score (nSPS) is 28.3. The molecule has 0 radical (unpaired) electrons. The second-order valence-electron chi connectivity index (χ2n) is 5.13. The summed E-state index contributed by atoms with van der Waals surface area (Å²) in [4.78, 5) is 0. The first-order valence-electron chi connectivity index (χ1n) is 6.34. The molecule has 0 bridgehead atoms. The van der Waals surface area contributed by atoms with Crippen LogP contribution in [0.3, 0.4) is 0 Å². The van der Waals surface area contributed by atoms with Crippen molar-refractivity contribution < 1.29 is 8.42 Å². The van der Waals surface area contributed by atoms with Crippen LogP contribution in [-0.4, -0.2) is 49.1 Å². The second-order valence-corrected chi connectivity index (χ2v) is 7.43. The number of rotatable bonds is 4. The zero-order valence-corrected chi connectivity index (χ0v) is 11.9. The fraction of sp³-hybridized carbons (Fsp3) is 1.00. The van der Waals surface area contributed by atoms with E-state index in [1.807, 2.05) is 0 Å². The van der Waals surface area contributed by atoms with E-state index in [9.17, 15) is 8.42 Å². The summed E-state index contributed by atoms with van der Waals surface area (Å²) >= 11 is 5.84. The van der Waals surface area contributed by atoms with Gasteiger partial charge in [0.15, 0.2) is 0 Å². The van der Waals surface area contributed by atoms with Gasteiger partial charge in [0.25, 0.3) is 10.2 Å². The van der Waals surface area contributed by atoms with Gasteiger partial charge in [0, 0.05) is 32.1 Å². The van der Waals surface area contributed by atoms with Gasteiger partial charge in [-0.3, -0.25) is 0 Å². The first-order valence-corrected chi connectivity index (χ1v) is 8.28. The van der Waals surface area contributed by atoms with Gasteiger partial charge in [0.05, 0.1) is 0 Å². The lowest BCUT2D eigenvalue weighted by Crippen LogP contribution is -2.51. The predicted molar refractivity (Wildman–Crippen MR) is 69.3 cm³/mol. The Morgan fingerprint density at radius 1 is 1.29 bits per heavy atom. The summed E-state index contributed by atoms with van der Waals surface area (Å²) in [7, 11) is -1.55. The molecule has 4 nitrogen and oxygen atoms in total. The van der Waals surface area contributed by atoms with E-state index in [1.54, 1.807) is 15.7 Å². The molecule has 17 heavy (non-hydrogen) atoms. The summed E-state index contributed by atoms with van der Waals surface area (Å²) < 4.78 is 28.0. The quantitative estimate of drug-likeness (QED) is 0.735. The molecule has 6 heteroatoms. The number of piperidine rings is 1. The molecule has 1 aliphatic heterocycles. The molecule has 1 heterocycles. The number of halogens is 1. The molecular weight excluding hydrogens is 260 g/mol. The van der Waals surface area contributed by atoms with Crippen LogP contribution in [0.1, 0.15) is 32.1 Å². The zero-order valence-electron chi connectivity index (χ0n) is 10.3. The van der Waals surface area contributed by atoms with Crippen molar-refractivity contribution in [2.24, 2.45) is 5.92 Å². The van der Waals surface area contributed by atoms with E-state index in [0.717, 1.165) is 32.1 Å². The Balaban J connectivity index is 2.03. The average molecular weight is 281 g/mol. The monoisotopic (exact) mass is 280 g/mol. The number of alkyl halides is 1. The van der Waals surface area contributed by atoms with Crippen molar-refractivity contribution >= 4 is 21.8 Å². The van der Waals surface area contributed by atoms with Crippen LogP contribution in [0, 0.1) is 5.92 Å². The highest BCUT2D eigenvalue weighted by atomic mass is 35.5. The molecule has 0 spiro atoms. The number of hydrogen-bond acceptors (Lipinski definition) is 2. The minimum Gasteiger partial charge on any atom is -0.195 e. The van der Waals surface area contributed by atoms with Gasteiger partial charge >= 0.3 is 0 Å². The Morgan fingerprint density at radius 2 is 2.00 bits per heavy atom. The summed E-state index contributed by atoms with van der Waals surface area (Å²) in [5.74, 6) is 0.870. The van der Waals surface area contributed by atoms with Crippen molar-refractivity contribution in [1.82, 2.24) is 8.61 Å². The van der Waals surface area contributed by atoms with Crippen LogP contribution < -0.4 is 0 Å². The molecule has 1 aliphatic carbocycles. The predicted octanol–water partition coefficient (Wildman–Crippen LogP) is 1.67. The van der Waals surface area contributed by atoms with Gasteiger partial charge in [0.2, 0.25) is 0 Å². The lowest BCUT2D eigenvalue weighted by Gasteiger charge is -2.39. The smallest absolute Gasteiger partial charge is 0.195 e. The van der Waals surface area contributed by atoms with E-state index < -0.39 is 10.2 Å². The first kappa shape index (κ1) is 13.6. The summed E-state index contributed by atoms with van der Waals surface area (Å²) in [6.07, 6.45) is 5.12. The molecule has 100 valence electrons. The Bertz CT molecular complexity index is 356. The molecule has 0 aromatic carbocycles. The van der Waals surface area contributed by atoms with Crippen molar-refractivity contribution in [2.45, 2.75) is 38.1 Å². The Kier molecular flexibility index (Phi) is 4.34. The molecule has 1 saturated heterocycles. The van der Waals surface area contributed by atoms with Crippen LogP contribution in [0.5, 0.6) is 0 Å². The molecule has 1 atom stereocenters. The number of hydrogen-bond donors (Lipinski definition) is 0. The van der Waals surface area contributed by atoms with Crippen molar-refractivity contribution in [2.75, 3.05) is 26.0 Å². The molecular formula is C11H21ClN2O2S. The Labute approximate surface area is 109 Å². The van der Waals surface area contributed by atoms with E-state index in [4.69, 9.17) is 11.6 Å². The van der Waals surface area contributed by atoms with Gasteiger partial charge in [-0.2, -0.15) is 17.0 Å². The molecule has 2 aliphatic rings. The maximum Gasteiger partial charge on any atom is 0.281 e. The fourth-order valence-corrected chi connectivity index (χ4v) is 4.45. The van der Waals surface area contributed by atoms with Crippen molar-refractivity contribution in [3.63, 3.8) is 0 Å². The Hall–Kier alpha value is 0.160. The van der Waals surface area contributed by atoms with Crippen LogP contribution >= 0.6 is 11.6 Å². The molecule has 0 N–H and O–H groups in total. The van der Waals surface area contributed by atoms with Crippen LogP contribution in [-0.2, 0) is 10.2 Å². The third-order valence-corrected chi connectivity index (χ3v) is 6.43. The highest BCUT2D eigenvalue weighted by Crippen LogP contribution is 2.28. The molecule has 0 aromatic rings.